The van der Waals surface area contributed by atoms with E-state index in [4.69, 9.17) is 26.8 Å². The average molecular weight is 1910 g/mol. The monoisotopic (exact) mass is 1910 g/mol. The van der Waals surface area contributed by atoms with Crippen molar-refractivity contribution in [3.05, 3.63) is 394 Å². The molecule has 0 fully saturated rings. The minimum absolute atomic E-state index is 0.0333. The molecule has 0 saturated carbocycles. The summed E-state index contributed by atoms with van der Waals surface area (Å²) < 4.78 is 8.87. The van der Waals surface area contributed by atoms with Gasteiger partial charge >= 0.3 is 11.8 Å². The molecule has 6 atom stereocenters. The summed E-state index contributed by atoms with van der Waals surface area (Å²) in [6, 6.07) is 94.9. The first-order valence-electron chi connectivity index (χ1n) is 47.1. The Morgan fingerprint density at radius 1 is 0.444 bits per heavy atom. The van der Waals surface area contributed by atoms with E-state index in [1.165, 1.54) is 145 Å². The number of benzene rings is 14. The number of fused-ring (bicyclic) bond motifs is 8. The Kier molecular flexibility index (Phi) is 36.7. The summed E-state index contributed by atoms with van der Waals surface area (Å²) in [6.45, 7) is 18.9. The summed E-state index contributed by atoms with van der Waals surface area (Å²) in [5, 5.41) is 102. The van der Waals surface area contributed by atoms with Crippen molar-refractivity contribution in [2.24, 2.45) is 48.3 Å². The van der Waals surface area contributed by atoms with Gasteiger partial charge in [0.1, 0.15) is 17.7 Å². The number of amides is 4. The Hall–Kier alpha value is -15.9. The van der Waals surface area contributed by atoms with Gasteiger partial charge in [-0.3, -0.25) is 24.4 Å². The number of aliphatic hydroxyl groups excluding tert-OH is 6. The van der Waals surface area contributed by atoms with E-state index in [1.807, 2.05) is 104 Å². The number of anilines is 1. The van der Waals surface area contributed by atoms with Gasteiger partial charge < -0.3 is 75.4 Å². The molecule has 5 aromatic heterocycles. The number of imidazole rings is 1. The van der Waals surface area contributed by atoms with E-state index in [-0.39, 0.29) is 66.4 Å². The van der Waals surface area contributed by atoms with Crippen molar-refractivity contribution in [1.82, 2.24) is 37.9 Å². The molecule has 732 valence electrons. The van der Waals surface area contributed by atoms with Crippen molar-refractivity contribution in [1.29, 1.82) is 0 Å². The number of carbonyl (C=O) groups is 3. The Labute approximate surface area is 825 Å². The second-order valence-electron chi connectivity index (χ2n) is 35.7. The number of aryl methyl sites for hydroxylation is 10. The molecular weight excluding hydrogens is 1790 g/mol. The highest BCUT2D eigenvalue weighted by atomic mass is 16.6. The van der Waals surface area contributed by atoms with Crippen molar-refractivity contribution in [2.45, 2.75) is 120 Å². The summed E-state index contributed by atoms with van der Waals surface area (Å²) in [5.74, 6) is -1.59. The quantitative estimate of drug-likeness (QED) is 0.0212. The third kappa shape index (κ3) is 26.4. The fraction of sp³-hybridized carbons (Fsp3) is 0.235. The molecule has 0 spiro atoms. The van der Waals surface area contributed by atoms with Gasteiger partial charge in [0.05, 0.1) is 51.9 Å². The standard InChI is InChI=1S/C17H12.C16H13N3O.C15H12.C13H17N3O4.C12H19N3O4.C11H10.C10H11N.C9H15N3O4.C7H8.C5H7N/c1-11-5-6-14-8-7-12-3-2-4-13-9-10-15(11)17(14)16(12)13;1-10-9-18(2)16(20)19-13-8-4-6-11-5-3-7-12(14(11)13)17-15(10)19;1-11-10-12-6-2-3-8-14(12)15-9-5-4-7-13(11)15;1-9(8-17)13(18)4-5-15-12-3-2-11(16(19)20)6-10(12)7-14-15;1-7(6-16)9(17)3-5-15-4-2-8(11(13)18)10(15)12(14)19;1-9-5-4-7-10-6-2-3-8-11(9)10;1-8-4-3-5-10-9(8)6-7-11(10)2;1-7(5-13)8(14)2-3-11-4-9(10-6-11)12(15)16;1-7-5-3-2-4-6-7;1-6-4-2-3-5-6/h2-10H,1H3;3-9H,1-2H3;2-10H,1H3;2-3,6-7,9,13,17-18H,4-5,8H2,1H3;2,4,7,9,16-17H,3,5-6H2,1H3,(H2,13,18)(H2,14,19);2-8H,1H3;3-7H,1-2H3;4,6-8,13-14H,2-3,5H2,1H3;2-6H,1H3;2-5H,1H3. The molecule has 4 amide bonds. The topological polar surface area (TPSA) is 380 Å². The zero-order valence-corrected chi connectivity index (χ0v) is 82.1. The molecule has 7 heterocycles. The van der Waals surface area contributed by atoms with Crippen LogP contribution in [0.5, 0.6) is 0 Å². The van der Waals surface area contributed by atoms with Gasteiger partial charge in [0, 0.05) is 149 Å². The number of nitro benzene ring substituents is 1. The normalized spacial score (nSPS) is 13.0. The SMILES string of the molecule is CC(CO)C(O)CCn1ccc(C(N)=O)c1C(N)=O.CC(CO)C(O)CCn1cnc([N+](=O)[O-])c1.CC(CO)C(O)CCn1ncc2cc([N+](=O)[O-])ccc21.CC1=CN(C)C(=O)N2C1=Nc1cccc3cccc2c13.Cc1cc2ccccc2c2ccccc12.Cc1ccc2ccc3cccc4ccc1c2c34.Cc1cccc2c1ccn2C.Cc1cccc2ccccc12.Cc1ccccc1.Cn1cccc1. The van der Waals surface area contributed by atoms with Crippen LogP contribution in [0.15, 0.2) is 339 Å². The van der Waals surface area contributed by atoms with E-state index in [1.54, 1.807) is 59.1 Å². The van der Waals surface area contributed by atoms with Crippen molar-refractivity contribution < 1.29 is 54.9 Å². The molecule has 14 aromatic carbocycles. The molecule has 0 bridgehead atoms. The van der Waals surface area contributed by atoms with Gasteiger partial charge in [0.15, 0.2) is 0 Å². The molecule has 21 rings (SSSR count). The van der Waals surface area contributed by atoms with Gasteiger partial charge in [-0.15, -0.1) is 0 Å². The van der Waals surface area contributed by atoms with Crippen LogP contribution in [0.2, 0.25) is 0 Å². The van der Waals surface area contributed by atoms with Gasteiger partial charge in [0.2, 0.25) is 6.33 Å². The highest BCUT2D eigenvalue weighted by Gasteiger charge is 2.34. The highest BCUT2D eigenvalue weighted by Crippen LogP contribution is 2.42. The second kappa shape index (κ2) is 49.6. The Bertz CT molecular complexity index is 7570. The largest absolute Gasteiger partial charge is 0.396 e. The summed E-state index contributed by atoms with van der Waals surface area (Å²) in [4.78, 5) is 66.6. The Balaban J connectivity index is 0.000000143. The molecule has 0 saturated heterocycles. The van der Waals surface area contributed by atoms with Crippen molar-refractivity contribution >= 4 is 144 Å². The molecule has 142 heavy (non-hydrogen) atoms. The van der Waals surface area contributed by atoms with Crippen molar-refractivity contribution in [3.63, 3.8) is 0 Å². The number of aromatic nitrogens is 7. The van der Waals surface area contributed by atoms with Crippen LogP contribution >= 0.6 is 0 Å². The fourth-order valence-corrected chi connectivity index (χ4v) is 16.9. The first kappa shape index (κ1) is 105. The van der Waals surface area contributed by atoms with Gasteiger partial charge in [-0.2, -0.15) is 5.10 Å². The summed E-state index contributed by atoms with van der Waals surface area (Å²) in [5.41, 5.74) is 22.2. The lowest BCUT2D eigenvalue weighted by atomic mass is 9.92. The van der Waals surface area contributed by atoms with Gasteiger partial charge in [-0.1, -0.05) is 245 Å². The van der Waals surface area contributed by atoms with Crippen molar-refractivity contribution in [3.8, 4) is 0 Å². The average Bonchev–Trinajstić information content (AvgIpc) is 0.870. The van der Waals surface area contributed by atoms with E-state index in [0.29, 0.717) is 44.3 Å². The molecule has 10 N–H and O–H groups in total. The van der Waals surface area contributed by atoms with E-state index >= 15 is 0 Å². The smallest absolute Gasteiger partial charge is 0.381 e. The summed E-state index contributed by atoms with van der Waals surface area (Å²) >= 11 is 0. The Morgan fingerprint density at radius 3 is 1.56 bits per heavy atom. The van der Waals surface area contributed by atoms with Crippen molar-refractivity contribution in [2.75, 3.05) is 31.8 Å². The summed E-state index contributed by atoms with van der Waals surface area (Å²) in [7, 11) is 5.84. The number of amidine groups is 1. The number of nitrogens with two attached hydrogens (primary N) is 2. The van der Waals surface area contributed by atoms with Crippen LogP contribution in [0.1, 0.15) is 95.6 Å². The molecule has 2 aliphatic rings. The number of primary amides is 2. The van der Waals surface area contributed by atoms with E-state index in [9.17, 15) is 49.9 Å². The van der Waals surface area contributed by atoms with Gasteiger partial charge in [-0.25, -0.2) is 14.7 Å². The number of rotatable bonds is 19. The molecule has 27 nitrogen and oxygen atoms in total. The first-order chi connectivity index (χ1) is 68.3. The minimum atomic E-state index is -0.747. The van der Waals surface area contributed by atoms with Crippen LogP contribution in [0.3, 0.4) is 0 Å². The lowest BCUT2D eigenvalue weighted by Gasteiger charge is -2.35. The maximum atomic E-state index is 12.5. The fourth-order valence-electron chi connectivity index (χ4n) is 16.9. The summed E-state index contributed by atoms with van der Waals surface area (Å²) in [6.07, 6.45) is 13.0. The number of carbonyl (C=O) groups excluding carboxylic acids is 3. The maximum Gasteiger partial charge on any atom is 0.381 e. The highest BCUT2D eigenvalue weighted by molar-refractivity contribution is 6.31. The lowest BCUT2D eigenvalue weighted by Crippen LogP contribution is -2.48. The third-order valence-corrected chi connectivity index (χ3v) is 25.3. The van der Waals surface area contributed by atoms with Crippen LogP contribution in [0.4, 0.5) is 27.7 Å². The lowest BCUT2D eigenvalue weighted by molar-refractivity contribution is -0.389. The number of aliphatic hydroxyl groups is 6. The number of nitrogens with zero attached hydrogens (tertiary/aromatic N) is 12. The number of hydrogen-bond acceptors (Lipinski definition) is 16. The zero-order chi connectivity index (χ0) is 102. The Morgan fingerprint density at radius 2 is 0.972 bits per heavy atom. The molecule has 0 aliphatic carbocycles. The molecule has 2 aliphatic heterocycles. The van der Waals surface area contributed by atoms with E-state index in [0.717, 1.165) is 39.1 Å². The first-order valence-corrected chi connectivity index (χ1v) is 47.1. The molecule has 0 radical (unpaired) electrons. The van der Waals surface area contributed by atoms with Crippen LogP contribution in [0, 0.1) is 72.6 Å². The number of hydrogen-bond donors (Lipinski definition) is 8. The van der Waals surface area contributed by atoms with Crippen LogP contribution in [-0.2, 0) is 33.7 Å². The van der Waals surface area contributed by atoms with Gasteiger partial charge in [-0.05, 0) is 212 Å². The maximum absolute atomic E-state index is 12.5. The molecular formula is C115H124N14O13. The second-order valence-corrected chi connectivity index (χ2v) is 35.7. The van der Waals surface area contributed by atoms with E-state index < -0.39 is 40.0 Å². The number of aliphatic imine (C=N–C) groups is 1. The number of urea groups is 1. The van der Waals surface area contributed by atoms with Crippen LogP contribution in [-0.4, -0.2) is 147 Å². The third-order valence-electron chi connectivity index (χ3n) is 25.3. The van der Waals surface area contributed by atoms with Crippen LogP contribution < -0.4 is 16.4 Å². The number of nitro groups is 2. The van der Waals surface area contributed by atoms with Crippen LogP contribution in [0.25, 0.3) is 97.2 Å². The predicted molar refractivity (Wildman–Crippen MR) is 572 cm³/mol. The zero-order valence-electron chi connectivity index (χ0n) is 82.1. The van der Waals surface area contributed by atoms with E-state index in [2.05, 4.69) is 256 Å². The van der Waals surface area contributed by atoms with Gasteiger partial charge in [0.25, 0.3) is 17.5 Å². The molecule has 6 unspecified atom stereocenters. The number of non-ortho nitro benzene ring substituents is 1. The minimum Gasteiger partial charge on any atom is -0.396 e. The molecule has 19 aromatic rings. The predicted octanol–water partition coefficient (Wildman–Crippen LogP) is 22.1. The molecule has 27 heteroatoms.